The van der Waals surface area contributed by atoms with E-state index in [4.69, 9.17) is 15.9 Å². The van der Waals surface area contributed by atoms with Crippen LogP contribution in [0.4, 0.5) is 0 Å². The van der Waals surface area contributed by atoms with Crippen LogP contribution in [0.5, 0.6) is 5.75 Å². The summed E-state index contributed by atoms with van der Waals surface area (Å²) < 4.78 is 5.88. The molecule has 0 aliphatic heterocycles. The van der Waals surface area contributed by atoms with Gasteiger partial charge in [0.25, 0.3) is 0 Å². The van der Waals surface area contributed by atoms with Crippen LogP contribution < -0.4 is 10.5 Å². The van der Waals surface area contributed by atoms with Gasteiger partial charge in [-0.15, -0.1) is 0 Å². The average Bonchev–Trinajstić information content (AvgIpc) is 2.28. The predicted molar refractivity (Wildman–Crippen MR) is 76.5 cm³/mol. The predicted octanol–water partition coefficient (Wildman–Crippen LogP) is 3.34. The largest absolute Gasteiger partial charge is 0.493 e. The van der Waals surface area contributed by atoms with Gasteiger partial charge < -0.3 is 10.5 Å². The van der Waals surface area contributed by atoms with Crippen molar-refractivity contribution in [2.45, 2.75) is 41.0 Å². The third-order valence-electron chi connectivity index (χ3n) is 3.58. The lowest BCUT2D eigenvalue weighted by Crippen LogP contribution is -2.32. The third kappa shape index (κ3) is 3.25. The van der Waals surface area contributed by atoms with Crippen molar-refractivity contribution in [2.75, 3.05) is 6.61 Å². The van der Waals surface area contributed by atoms with E-state index in [0.29, 0.717) is 6.61 Å². The Morgan fingerprint density at radius 1 is 1.22 bits per heavy atom. The van der Waals surface area contributed by atoms with Gasteiger partial charge in [0, 0.05) is 5.41 Å². The minimum absolute atomic E-state index is 0.212. The lowest BCUT2D eigenvalue weighted by molar-refractivity contribution is 0.265. The second kappa shape index (κ2) is 5.42. The second-order valence-corrected chi connectivity index (χ2v) is 5.55. The SMILES string of the molecule is Cc1ccc(C)c(OCCC(C)(C)C(=N)N)c1C. The van der Waals surface area contributed by atoms with Gasteiger partial charge in [0.05, 0.1) is 12.4 Å². The van der Waals surface area contributed by atoms with Crippen LogP contribution in [0, 0.1) is 31.6 Å². The molecule has 0 amide bonds. The van der Waals surface area contributed by atoms with Crippen molar-refractivity contribution in [2.24, 2.45) is 11.1 Å². The van der Waals surface area contributed by atoms with E-state index in [1.807, 2.05) is 13.8 Å². The fraction of sp³-hybridized carbons (Fsp3) is 0.533. The summed E-state index contributed by atoms with van der Waals surface area (Å²) in [5.41, 5.74) is 8.84. The molecule has 0 heterocycles. The Labute approximate surface area is 110 Å². The third-order valence-corrected chi connectivity index (χ3v) is 3.58. The molecule has 0 saturated heterocycles. The van der Waals surface area contributed by atoms with Crippen LogP contribution in [0.1, 0.15) is 37.0 Å². The van der Waals surface area contributed by atoms with Crippen LogP contribution in [0.3, 0.4) is 0 Å². The van der Waals surface area contributed by atoms with Gasteiger partial charge in [0.1, 0.15) is 5.75 Å². The van der Waals surface area contributed by atoms with Crippen LogP contribution in [0.2, 0.25) is 0 Å². The van der Waals surface area contributed by atoms with Gasteiger partial charge in [-0.25, -0.2) is 0 Å². The summed E-state index contributed by atoms with van der Waals surface area (Å²) in [6.07, 6.45) is 0.745. The van der Waals surface area contributed by atoms with Crippen LogP contribution in [-0.2, 0) is 0 Å². The molecule has 0 aliphatic carbocycles. The Kier molecular flexibility index (Phi) is 4.38. The lowest BCUT2D eigenvalue weighted by Gasteiger charge is -2.23. The van der Waals surface area contributed by atoms with E-state index >= 15 is 0 Å². The molecule has 1 rings (SSSR count). The fourth-order valence-electron chi connectivity index (χ4n) is 1.69. The number of hydrogen-bond donors (Lipinski definition) is 2. The number of nitrogens with one attached hydrogen (secondary N) is 1. The zero-order chi connectivity index (χ0) is 13.9. The monoisotopic (exact) mass is 248 g/mol. The first-order valence-corrected chi connectivity index (χ1v) is 6.30. The Bertz CT molecular complexity index is 450. The molecule has 18 heavy (non-hydrogen) atoms. The lowest BCUT2D eigenvalue weighted by atomic mass is 9.88. The second-order valence-electron chi connectivity index (χ2n) is 5.55. The summed E-state index contributed by atoms with van der Waals surface area (Å²) >= 11 is 0. The number of hydrogen-bond acceptors (Lipinski definition) is 2. The molecule has 0 saturated carbocycles. The molecular weight excluding hydrogens is 224 g/mol. The normalized spacial score (nSPS) is 11.4. The van der Waals surface area contributed by atoms with E-state index < -0.39 is 0 Å². The van der Waals surface area contributed by atoms with E-state index in [-0.39, 0.29) is 11.3 Å². The number of nitrogens with two attached hydrogens (primary N) is 1. The standard InChI is InChI=1S/C15H24N2O/c1-10-6-7-11(2)13(12(10)3)18-9-8-15(4,5)14(16)17/h6-7H,8-9H2,1-5H3,(H3,16,17). The molecule has 100 valence electrons. The van der Waals surface area contributed by atoms with Gasteiger partial charge in [0.2, 0.25) is 0 Å². The van der Waals surface area contributed by atoms with E-state index in [1.165, 1.54) is 11.1 Å². The number of ether oxygens (including phenoxy) is 1. The van der Waals surface area contributed by atoms with Crippen molar-refractivity contribution < 1.29 is 4.74 Å². The quantitative estimate of drug-likeness (QED) is 0.620. The molecule has 0 aromatic heterocycles. The minimum Gasteiger partial charge on any atom is -0.493 e. The van der Waals surface area contributed by atoms with Crippen LogP contribution in [-0.4, -0.2) is 12.4 Å². The molecule has 0 aliphatic rings. The van der Waals surface area contributed by atoms with Gasteiger partial charge in [-0.05, 0) is 43.9 Å². The molecule has 0 bridgehead atoms. The van der Waals surface area contributed by atoms with Crippen molar-refractivity contribution in [3.63, 3.8) is 0 Å². The van der Waals surface area contributed by atoms with Crippen molar-refractivity contribution in [1.29, 1.82) is 5.41 Å². The van der Waals surface area contributed by atoms with Crippen molar-refractivity contribution in [3.8, 4) is 5.75 Å². The summed E-state index contributed by atoms with van der Waals surface area (Å²) in [5.74, 6) is 1.18. The first-order chi connectivity index (χ1) is 8.25. The van der Waals surface area contributed by atoms with Gasteiger partial charge >= 0.3 is 0 Å². The summed E-state index contributed by atoms with van der Waals surface area (Å²) in [7, 11) is 0. The Morgan fingerprint density at radius 3 is 2.33 bits per heavy atom. The molecular formula is C15H24N2O. The Balaban J connectivity index is 2.71. The van der Waals surface area contributed by atoms with Crippen LogP contribution in [0.25, 0.3) is 0 Å². The first kappa shape index (κ1) is 14.6. The van der Waals surface area contributed by atoms with Crippen molar-refractivity contribution in [3.05, 3.63) is 28.8 Å². The highest BCUT2D eigenvalue weighted by Crippen LogP contribution is 2.27. The Hall–Kier alpha value is -1.51. The van der Waals surface area contributed by atoms with E-state index in [9.17, 15) is 0 Å². The molecule has 0 fully saturated rings. The molecule has 1 aromatic rings. The fourth-order valence-corrected chi connectivity index (χ4v) is 1.69. The highest BCUT2D eigenvalue weighted by Gasteiger charge is 2.21. The molecule has 3 N–H and O–H groups in total. The van der Waals surface area contributed by atoms with E-state index in [2.05, 4.69) is 32.9 Å². The van der Waals surface area contributed by atoms with Gasteiger partial charge in [0.15, 0.2) is 0 Å². The maximum Gasteiger partial charge on any atom is 0.125 e. The van der Waals surface area contributed by atoms with Gasteiger partial charge in [-0.3, -0.25) is 5.41 Å². The molecule has 0 radical (unpaired) electrons. The Morgan fingerprint density at radius 2 is 1.78 bits per heavy atom. The summed E-state index contributed by atoms with van der Waals surface area (Å²) in [5, 5.41) is 7.52. The van der Waals surface area contributed by atoms with Crippen LogP contribution in [0.15, 0.2) is 12.1 Å². The highest BCUT2D eigenvalue weighted by atomic mass is 16.5. The number of amidine groups is 1. The van der Waals surface area contributed by atoms with Crippen molar-refractivity contribution >= 4 is 5.84 Å². The van der Waals surface area contributed by atoms with Gasteiger partial charge in [-0.2, -0.15) is 0 Å². The maximum absolute atomic E-state index is 7.52. The molecule has 0 unspecified atom stereocenters. The number of aryl methyl sites for hydroxylation is 2. The first-order valence-electron chi connectivity index (χ1n) is 6.30. The molecule has 1 aromatic carbocycles. The summed E-state index contributed by atoms with van der Waals surface area (Å²) in [6, 6.07) is 4.19. The van der Waals surface area contributed by atoms with Crippen molar-refractivity contribution in [1.82, 2.24) is 0 Å². The zero-order valence-electron chi connectivity index (χ0n) is 12.1. The van der Waals surface area contributed by atoms with Crippen LogP contribution >= 0.6 is 0 Å². The zero-order valence-corrected chi connectivity index (χ0v) is 12.1. The summed E-state index contributed by atoms with van der Waals surface area (Å²) in [6.45, 7) is 10.7. The maximum atomic E-state index is 7.52. The number of benzene rings is 1. The van der Waals surface area contributed by atoms with E-state index in [1.54, 1.807) is 0 Å². The molecule has 3 nitrogen and oxygen atoms in total. The molecule has 3 heteroatoms. The number of rotatable bonds is 5. The highest BCUT2D eigenvalue weighted by molar-refractivity contribution is 5.82. The average molecular weight is 248 g/mol. The summed E-state index contributed by atoms with van der Waals surface area (Å²) in [4.78, 5) is 0. The minimum atomic E-state index is -0.300. The van der Waals surface area contributed by atoms with Gasteiger partial charge in [-0.1, -0.05) is 26.0 Å². The molecule has 0 spiro atoms. The smallest absolute Gasteiger partial charge is 0.125 e. The topological polar surface area (TPSA) is 59.1 Å². The van der Waals surface area contributed by atoms with E-state index in [0.717, 1.165) is 17.7 Å². The molecule has 0 atom stereocenters.